The molecule has 10 heteroatoms. The van der Waals surface area contributed by atoms with Gasteiger partial charge in [0.1, 0.15) is 13.2 Å². The molecule has 0 saturated carbocycles. The van der Waals surface area contributed by atoms with Crippen molar-refractivity contribution in [2.75, 3.05) is 20.3 Å². The third-order valence-corrected chi connectivity index (χ3v) is 3.93. The summed E-state index contributed by atoms with van der Waals surface area (Å²) in [4.78, 5) is 23.3. The van der Waals surface area contributed by atoms with Crippen molar-refractivity contribution in [3.05, 3.63) is 58.6 Å². The van der Waals surface area contributed by atoms with Gasteiger partial charge in [0.25, 0.3) is 5.91 Å². The van der Waals surface area contributed by atoms with Gasteiger partial charge < -0.3 is 19.5 Å². The smallest absolute Gasteiger partial charge is 0.405 e. The number of amides is 1. The second kappa shape index (κ2) is 10.0. The molecule has 0 aliphatic rings. The van der Waals surface area contributed by atoms with Crippen molar-refractivity contribution in [2.24, 2.45) is 0 Å². The van der Waals surface area contributed by atoms with Gasteiger partial charge in [-0.15, -0.1) is 0 Å². The summed E-state index contributed by atoms with van der Waals surface area (Å²) in [6.07, 6.45) is -4.55. The molecule has 6 nitrogen and oxygen atoms in total. The second-order valence-corrected chi connectivity index (χ2v) is 6.12. The molecule has 2 rings (SSSR count). The van der Waals surface area contributed by atoms with Gasteiger partial charge in [-0.2, -0.15) is 13.2 Å². The summed E-state index contributed by atoms with van der Waals surface area (Å²) in [6, 6.07) is 11.3. The molecule has 0 atom stereocenters. The lowest BCUT2D eigenvalue weighted by molar-refractivity contribution is -0.140. The fourth-order valence-corrected chi connectivity index (χ4v) is 2.34. The molecule has 0 heterocycles. The van der Waals surface area contributed by atoms with E-state index < -0.39 is 31.2 Å². The highest BCUT2D eigenvalue weighted by Crippen LogP contribution is 2.30. The van der Waals surface area contributed by atoms with Crippen molar-refractivity contribution in [3.8, 4) is 11.5 Å². The van der Waals surface area contributed by atoms with E-state index in [4.69, 9.17) is 25.8 Å². The van der Waals surface area contributed by atoms with Crippen molar-refractivity contribution in [1.29, 1.82) is 0 Å². The molecular weight excluding hydrogens is 415 g/mol. The number of hydrogen-bond acceptors (Lipinski definition) is 5. The van der Waals surface area contributed by atoms with Crippen LogP contribution in [0.25, 0.3) is 0 Å². The second-order valence-electron chi connectivity index (χ2n) is 5.71. The molecule has 2 aromatic rings. The first kappa shape index (κ1) is 22.4. The molecule has 1 N–H and O–H groups in total. The van der Waals surface area contributed by atoms with Gasteiger partial charge in [-0.25, -0.2) is 4.79 Å². The maximum atomic E-state index is 12.0. The number of rotatable bonds is 8. The molecule has 0 fully saturated rings. The van der Waals surface area contributed by atoms with Crippen molar-refractivity contribution >= 4 is 23.5 Å². The molecule has 0 saturated heterocycles. The Morgan fingerprint density at radius 1 is 1.10 bits per heavy atom. The Morgan fingerprint density at radius 2 is 1.83 bits per heavy atom. The van der Waals surface area contributed by atoms with Crippen LogP contribution < -0.4 is 14.8 Å². The normalized spacial score (nSPS) is 10.9. The Morgan fingerprint density at radius 3 is 2.48 bits per heavy atom. The number of esters is 1. The van der Waals surface area contributed by atoms with Gasteiger partial charge in [0.2, 0.25) is 0 Å². The zero-order chi connectivity index (χ0) is 21.4. The maximum absolute atomic E-state index is 12.0. The minimum atomic E-state index is -4.55. The molecule has 0 aliphatic heterocycles. The molecular formula is C19H17ClF3NO5. The number of carbonyl (C=O) groups is 2. The van der Waals surface area contributed by atoms with Gasteiger partial charge in [-0.05, 0) is 24.3 Å². The predicted octanol–water partition coefficient (Wildman–Crippen LogP) is 3.76. The number of ether oxygens (including phenoxy) is 3. The van der Waals surface area contributed by atoms with Crippen LogP contribution in [0.5, 0.6) is 11.5 Å². The van der Waals surface area contributed by atoms with E-state index in [0.717, 1.165) is 5.56 Å². The van der Waals surface area contributed by atoms with E-state index in [-0.39, 0.29) is 17.9 Å². The summed E-state index contributed by atoms with van der Waals surface area (Å²) in [5, 5.41) is 2.14. The van der Waals surface area contributed by atoms with Crippen LogP contribution in [-0.4, -0.2) is 38.3 Å². The van der Waals surface area contributed by atoms with Crippen LogP contribution >= 0.6 is 11.6 Å². The van der Waals surface area contributed by atoms with Crippen LogP contribution in [0.2, 0.25) is 5.02 Å². The average molecular weight is 432 g/mol. The van der Waals surface area contributed by atoms with Crippen molar-refractivity contribution in [1.82, 2.24) is 5.32 Å². The Labute approximate surface area is 169 Å². The topological polar surface area (TPSA) is 73.9 Å². The Hall–Kier alpha value is -2.94. The molecule has 2 aromatic carbocycles. The van der Waals surface area contributed by atoms with Crippen LogP contribution in [0.4, 0.5) is 13.2 Å². The zero-order valence-electron chi connectivity index (χ0n) is 15.2. The number of nitrogens with one attached hydrogen (secondary N) is 1. The minimum Gasteiger partial charge on any atom is -0.493 e. The van der Waals surface area contributed by atoms with Gasteiger partial charge in [-0.3, -0.25) is 4.79 Å². The van der Waals surface area contributed by atoms with E-state index in [0.29, 0.717) is 10.8 Å². The number of carbonyl (C=O) groups excluding carboxylic acids is 2. The van der Waals surface area contributed by atoms with E-state index in [9.17, 15) is 22.8 Å². The molecule has 29 heavy (non-hydrogen) atoms. The largest absolute Gasteiger partial charge is 0.493 e. The molecule has 0 unspecified atom stereocenters. The summed E-state index contributed by atoms with van der Waals surface area (Å²) in [6.45, 7) is -2.18. The van der Waals surface area contributed by atoms with E-state index >= 15 is 0 Å². The summed E-state index contributed by atoms with van der Waals surface area (Å²) in [7, 11) is 1.37. The molecule has 0 spiro atoms. The number of halogens is 4. The highest BCUT2D eigenvalue weighted by atomic mass is 35.5. The standard InChI is InChI=1S/C19H17ClF3NO5/c1-27-16-8-12(18(26)29-10-17(25)24-11-19(21,22)23)6-7-15(16)28-9-13-4-2-3-5-14(13)20/h2-8H,9-11H2,1H3,(H,24,25). The van der Waals surface area contributed by atoms with Crippen LogP contribution in [-0.2, 0) is 16.1 Å². The quantitative estimate of drug-likeness (QED) is 0.644. The lowest BCUT2D eigenvalue weighted by Gasteiger charge is -2.13. The van der Waals surface area contributed by atoms with Gasteiger partial charge >= 0.3 is 12.1 Å². The fourth-order valence-electron chi connectivity index (χ4n) is 2.15. The third-order valence-electron chi connectivity index (χ3n) is 3.56. The fraction of sp³-hybridized carbons (Fsp3) is 0.263. The number of methoxy groups -OCH3 is 1. The Balaban J connectivity index is 1.95. The van der Waals surface area contributed by atoms with E-state index in [1.807, 2.05) is 6.07 Å². The molecule has 156 valence electrons. The molecule has 1 amide bonds. The van der Waals surface area contributed by atoms with Crippen LogP contribution in [0.15, 0.2) is 42.5 Å². The highest BCUT2D eigenvalue weighted by molar-refractivity contribution is 6.31. The number of benzene rings is 2. The lowest BCUT2D eigenvalue weighted by Crippen LogP contribution is -2.36. The van der Waals surface area contributed by atoms with Crippen molar-refractivity contribution in [3.63, 3.8) is 0 Å². The van der Waals surface area contributed by atoms with Gasteiger partial charge in [-0.1, -0.05) is 29.8 Å². The highest BCUT2D eigenvalue weighted by Gasteiger charge is 2.27. The van der Waals surface area contributed by atoms with Crippen molar-refractivity contribution in [2.45, 2.75) is 12.8 Å². The zero-order valence-corrected chi connectivity index (χ0v) is 16.0. The predicted molar refractivity (Wildman–Crippen MR) is 98.1 cm³/mol. The minimum absolute atomic E-state index is 0.0376. The number of alkyl halides is 3. The first-order valence-electron chi connectivity index (χ1n) is 8.24. The number of hydrogen-bond donors (Lipinski definition) is 1. The van der Waals surface area contributed by atoms with E-state index in [2.05, 4.69) is 0 Å². The Kier molecular flexibility index (Phi) is 7.72. The summed E-state index contributed by atoms with van der Waals surface area (Å²) >= 11 is 6.07. The summed E-state index contributed by atoms with van der Waals surface area (Å²) in [5.74, 6) is -1.40. The van der Waals surface area contributed by atoms with Crippen LogP contribution in [0, 0.1) is 0 Å². The molecule has 0 aliphatic carbocycles. The van der Waals surface area contributed by atoms with Gasteiger partial charge in [0, 0.05) is 10.6 Å². The van der Waals surface area contributed by atoms with Gasteiger partial charge in [0.05, 0.1) is 12.7 Å². The Bertz CT molecular complexity index is 873. The van der Waals surface area contributed by atoms with Crippen LogP contribution in [0.1, 0.15) is 15.9 Å². The monoisotopic (exact) mass is 431 g/mol. The summed E-state index contributed by atoms with van der Waals surface area (Å²) < 4.78 is 51.7. The van der Waals surface area contributed by atoms with E-state index in [1.165, 1.54) is 25.3 Å². The van der Waals surface area contributed by atoms with Gasteiger partial charge in [0.15, 0.2) is 18.1 Å². The molecule has 0 aromatic heterocycles. The molecule has 0 bridgehead atoms. The average Bonchev–Trinajstić information content (AvgIpc) is 2.69. The van der Waals surface area contributed by atoms with Crippen molar-refractivity contribution < 1.29 is 37.0 Å². The first-order chi connectivity index (χ1) is 13.7. The van der Waals surface area contributed by atoms with E-state index in [1.54, 1.807) is 23.5 Å². The maximum Gasteiger partial charge on any atom is 0.405 e. The first-order valence-corrected chi connectivity index (χ1v) is 8.62. The molecule has 0 radical (unpaired) electrons. The SMILES string of the molecule is COc1cc(C(=O)OCC(=O)NCC(F)(F)F)ccc1OCc1ccccc1Cl. The lowest BCUT2D eigenvalue weighted by atomic mass is 10.2. The third kappa shape index (κ3) is 7.19. The summed E-state index contributed by atoms with van der Waals surface area (Å²) in [5.41, 5.74) is 0.792. The van der Waals surface area contributed by atoms with Crippen LogP contribution in [0.3, 0.4) is 0 Å².